The number of primary amides is 1. The molecule has 1 amide bonds. The highest BCUT2D eigenvalue weighted by Gasteiger charge is 2.18. The molecule has 0 saturated heterocycles. The van der Waals surface area contributed by atoms with Crippen molar-refractivity contribution in [3.8, 4) is 0 Å². The summed E-state index contributed by atoms with van der Waals surface area (Å²) in [6.45, 7) is 1.88. The predicted octanol–water partition coefficient (Wildman–Crippen LogP) is 2.26. The molecule has 2 rings (SSSR count). The van der Waals surface area contributed by atoms with E-state index in [0.717, 1.165) is 5.56 Å². The number of carbonyl (C=O) groups is 1. The highest BCUT2D eigenvalue weighted by molar-refractivity contribution is 5.94. The van der Waals surface area contributed by atoms with Crippen LogP contribution in [0.5, 0.6) is 0 Å². The molecule has 1 atom stereocenters. The van der Waals surface area contributed by atoms with Crippen LogP contribution in [0.2, 0.25) is 0 Å². The number of amides is 1. The summed E-state index contributed by atoms with van der Waals surface area (Å²) in [5.74, 6) is -0.702. The monoisotopic (exact) mass is 286 g/mol. The zero-order valence-electron chi connectivity index (χ0n) is 11.3. The van der Waals surface area contributed by atoms with Crippen LogP contribution in [-0.2, 0) is 0 Å². The lowest BCUT2D eigenvalue weighted by Crippen LogP contribution is -2.13. The molecule has 108 valence electrons. The van der Waals surface area contributed by atoms with Gasteiger partial charge >= 0.3 is 0 Å². The third kappa shape index (κ3) is 3.33. The molecule has 0 spiro atoms. The van der Waals surface area contributed by atoms with Crippen LogP contribution in [0.25, 0.3) is 0 Å². The van der Waals surface area contributed by atoms with E-state index in [0.29, 0.717) is 5.69 Å². The van der Waals surface area contributed by atoms with E-state index >= 15 is 0 Å². The molecule has 0 aliphatic heterocycles. The molecule has 1 aromatic carbocycles. The summed E-state index contributed by atoms with van der Waals surface area (Å²) in [7, 11) is 0. The average molecular weight is 286 g/mol. The Kier molecular flexibility index (Phi) is 4.13. The Morgan fingerprint density at radius 3 is 2.57 bits per heavy atom. The Balaban J connectivity index is 2.31. The molecule has 0 bridgehead atoms. The fourth-order valence-corrected chi connectivity index (χ4v) is 1.93. The van der Waals surface area contributed by atoms with Gasteiger partial charge in [0.15, 0.2) is 0 Å². The lowest BCUT2D eigenvalue weighted by molar-refractivity contribution is -0.384. The summed E-state index contributed by atoms with van der Waals surface area (Å²) in [6, 6.07) is 7.60. The number of nitro benzene ring substituents is 1. The van der Waals surface area contributed by atoms with Gasteiger partial charge in [0.1, 0.15) is 5.69 Å². The van der Waals surface area contributed by atoms with Gasteiger partial charge in [0, 0.05) is 30.1 Å². The molecule has 7 heteroatoms. The highest BCUT2D eigenvalue weighted by Crippen LogP contribution is 2.29. The van der Waals surface area contributed by atoms with Crippen LogP contribution in [0, 0.1) is 10.1 Å². The maximum atomic E-state index is 11.1. The van der Waals surface area contributed by atoms with Crippen molar-refractivity contribution in [1.82, 2.24) is 4.98 Å². The van der Waals surface area contributed by atoms with Crippen LogP contribution in [0.3, 0.4) is 0 Å². The van der Waals surface area contributed by atoms with Crippen LogP contribution in [0.15, 0.2) is 42.7 Å². The number of nitro groups is 1. The molecule has 0 aliphatic carbocycles. The molecular weight excluding hydrogens is 272 g/mol. The van der Waals surface area contributed by atoms with Crippen LogP contribution in [0.1, 0.15) is 28.9 Å². The summed E-state index contributed by atoms with van der Waals surface area (Å²) in [5.41, 5.74) is 6.32. The Bertz CT molecular complexity index is 673. The maximum absolute atomic E-state index is 11.1. The Labute approximate surface area is 121 Å². The minimum absolute atomic E-state index is 0.101. The topological polar surface area (TPSA) is 111 Å². The van der Waals surface area contributed by atoms with E-state index in [-0.39, 0.29) is 17.3 Å². The third-order valence-electron chi connectivity index (χ3n) is 3.06. The molecule has 1 unspecified atom stereocenters. The molecule has 0 fully saturated rings. The van der Waals surface area contributed by atoms with Crippen LogP contribution in [0.4, 0.5) is 11.4 Å². The number of pyridine rings is 1. The van der Waals surface area contributed by atoms with E-state index in [1.165, 1.54) is 18.2 Å². The number of nitrogens with two attached hydrogens (primary N) is 1. The normalized spacial score (nSPS) is 11.7. The molecule has 1 heterocycles. The van der Waals surface area contributed by atoms with Crippen LogP contribution in [-0.4, -0.2) is 15.8 Å². The van der Waals surface area contributed by atoms with E-state index in [4.69, 9.17) is 5.73 Å². The fourth-order valence-electron chi connectivity index (χ4n) is 1.93. The lowest BCUT2D eigenvalue weighted by Gasteiger charge is -2.15. The first-order chi connectivity index (χ1) is 9.99. The van der Waals surface area contributed by atoms with E-state index in [9.17, 15) is 14.9 Å². The average Bonchev–Trinajstić information content (AvgIpc) is 2.48. The first-order valence-electron chi connectivity index (χ1n) is 6.23. The van der Waals surface area contributed by atoms with Gasteiger partial charge < -0.3 is 11.1 Å². The van der Waals surface area contributed by atoms with Gasteiger partial charge in [0.2, 0.25) is 5.91 Å². The number of nitrogens with zero attached hydrogens (tertiary/aromatic N) is 2. The minimum Gasteiger partial charge on any atom is -0.373 e. The summed E-state index contributed by atoms with van der Waals surface area (Å²) in [5, 5.41) is 14.2. The number of nitrogens with one attached hydrogen (secondary N) is 1. The molecule has 2 aromatic rings. The second-order valence-corrected chi connectivity index (χ2v) is 4.50. The van der Waals surface area contributed by atoms with Gasteiger partial charge in [-0.3, -0.25) is 19.9 Å². The van der Waals surface area contributed by atoms with E-state index < -0.39 is 10.8 Å². The van der Waals surface area contributed by atoms with Crippen molar-refractivity contribution in [2.24, 2.45) is 5.73 Å². The zero-order valence-corrected chi connectivity index (χ0v) is 11.3. The van der Waals surface area contributed by atoms with Gasteiger partial charge in [-0.25, -0.2) is 0 Å². The van der Waals surface area contributed by atoms with E-state index in [1.807, 2.05) is 19.1 Å². The van der Waals surface area contributed by atoms with Crippen molar-refractivity contribution in [2.45, 2.75) is 13.0 Å². The standard InChI is InChI=1S/C14H14N4O3/c1-9(10-4-6-16-7-5-10)17-12-3-2-11(14(15)19)8-13(12)18(20)21/h2-9,17H,1H3,(H2,15,19). The van der Waals surface area contributed by atoms with Crippen molar-refractivity contribution >= 4 is 17.3 Å². The molecule has 0 radical (unpaired) electrons. The van der Waals surface area contributed by atoms with E-state index in [1.54, 1.807) is 12.4 Å². The summed E-state index contributed by atoms with van der Waals surface area (Å²) in [4.78, 5) is 25.6. The van der Waals surface area contributed by atoms with Crippen molar-refractivity contribution in [2.75, 3.05) is 5.32 Å². The van der Waals surface area contributed by atoms with Crippen LogP contribution < -0.4 is 11.1 Å². The van der Waals surface area contributed by atoms with Crippen molar-refractivity contribution in [1.29, 1.82) is 0 Å². The van der Waals surface area contributed by atoms with Crippen molar-refractivity contribution in [3.05, 3.63) is 64.0 Å². The number of aromatic nitrogens is 1. The minimum atomic E-state index is -0.702. The first kappa shape index (κ1) is 14.4. The van der Waals surface area contributed by atoms with E-state index in [2.05, 4.69) is 10.3 Å². The molecule has 0 aliphatic rings. The van der Waals surface area contributed by atoms with Gasteiger partial charge in [0.25, 0.3) is 5.69 Å². The highest BCUT2D eigenvalue weighted by atomic mass is 16.6. The number of hydrogen-bond acceptors (Lipinski definition) is 5. The lowest BCUT2D eigenvalue weighted by atomic mass is 10.1. The summed E-state index contributed by atoms with van der Waals surface area (Å²) in [6.07, 6.45) is 3.30. The molecule has 3 N–H and O–H groups in total. The van der Waals surface area contributed by atoms with Gasteiger partial charge in [-0.2, -0.15) is 0 Å². The number of anilines is 1. The third-order valence-corrected chi connectivity index (χ3v) is 3.06. The number of rotatable bonds is 5. The van der Waals surface area contributed by atoms with Crippen LogP contribution >= 0.6 is 0 Å². The summed E-state index contributed by atoms with van der Waals surface area (Å²) >= 11 is 0. The Morgan fingerprint density at radius 2 is 2.00 bits per heavy atom. The largest absolute Gasteiger partial charge is 0.373 e. The quantitative estimate of drug-likeness (QED) is 0.646. The molecule has 7 nitrogen and oxygen atoms in total. The molecular formula is C14H14N4O3. The SMILES string of the molecule is CC(Nc1ccc(C(N)=O)cc1[N+](=O)[O-])c1ccncc1. The van der Waals surface area contributed by atoms with Gasteiger partial charge in [-0.05, 0) is 36.8 Å². The number of hydrogen-bond donors (Lipinski definition) is 2. The van der Waals surface area contributed by atoms with Gasteiger partial charge in [-0.15, -0.1) is 0 Å². The second-order valence-electron chi connectivity index (χ2n) is 4.50. The van der Waals surface area contributed by atoms with Gasteiger partial charge in [0.05, 0.1) is 4.92 Å². The first-order valence-corrected chi connectivity index (χ1v) is 6.23. The van der Waals surface area contributed by atoms with Crippen molar-refractivity contribution in [3.63, 3.8) is 0 Å². The summed E-state index contributed by atoms with van der Waals surface area (Å²) < 4.78 is 0. The Morgan fingerprint density at radius 1 is 1.33 bits per heavy atom. The van der Waals surface area contributed by atoms with Crippen molar-refractivity contribution < 1.29 is 9.72 Å². The molecule has 21 heavy (non-hydrogen) atoms. The number of carbonyl (C=O) groups excluding carboxylic acids is 1. The Hall–Kier alpha value is -2.96. The maximum Gasteiger partial charge on any atom is 0.293 e. The molecule has 1 aromatic heterocycles. The zero-order chi connectivity index (χ0) is 15.4. The fraction of sp³-hybridized carbons (Fsp3) is 0.143. The smallest absolute Gasteiger partial charge is 0.293 e. The second kappa shape index (κ2) is 6.00. The van der Waals surface area contributed by atoms with Gasteiger partial charge in [-0.1, -0.05) is 0 Å². The number of benzene rings is 1. The molecule has 0 saturated carbocycles. The predicted molar refractivity (Wildman–Crippen MR) is 77.9 cm³/mol.